The normalized spacial score (nSPS) is 12.1. The van der Waals surface area contributed by atoms with Crippen LogP contribution in [-0.2, 0) is 28.6 Å². The fraction of sp³-hybridized carbons (Fsp3) is 0.938. The van der Waals surface area contributed by atoms with Crippen LogP contribution >= 0.6 is 0 Å². The Kier molecular flexibility index (Phi) is 39.8. The Bertz CT molecular complexity index is 824. The summed E-state index contributed by atoms with van der Waals surface area (Å²) in [6, 6.07) is 0. The third-order valence-electron chi connectivity index (χ3n) is 10.7. The zero-order valence-electron chi connectivity index (χ0n) is 36.8. The maximum atomic E-state index is 12.7. The van der Waals surface area contributed by atoms with Gasteiger partial charge in [-0.25, -0.2) is 0 Å². The molecule has 0 heterocycles. The molecule has 0 rings (SSSR count). The molecule has 0 aliphatic heterocycles. The summed E-state index contributed by atoms with van der Waals surface area (Å²) in [6.45, 7) is 11.3. The smallest absolute Gasteiger partial charge is 0.306 e. The second kappa shape index (κ2) is 41.1. The summed E-state index contributed by atoms with van der Waals surface area (Å²) in [5.74, 6) is 0.728. The molecule has 0 saturated carbocycles. The van der Waals surface area contributed by atoms with Crippen LogP contribution in [0.4, 0.5) is 0 Å². The van der Waals surface area contributed by atoms with E-state index >= 15 is 0 Å². The predicted octanol–water partition coefficient (Wildman–Crippen LogP) is 15.0. The lowest BCUT2D eigenvalue weighted by Gasteiger charge is -2.18. The average molecular weight is 765 g/mol. The lowest BCUT2D eigenvalue weighted by molar-refractivity contribution is -0.167. The zero-order valence-corrected chi connectivity index (χ0v) is 36.8. The SMILES string of the molecule is CCCCCCCCCCCCCCCCC(=O)OC[C@H](COC(=O)CCCCCCCCCCCC(C)C)OC(=O)CCCCCCCCCC(C)C. The van der Waals surface area contributed by atoms with E-state index in [0.717, 1.165) is 69.6 Å². The summed E-state index contributed by atoms with van der Waals surface area (Å²) in [5, 5.41) is 0. The lowest BCUT2D eigenvalue weighted by atomic mass is 10.0. The van der Waals surface area contributed by atoms with Crippen LogP contribution in [0.1, 0.15) is 259 Å². The molecule has 0 aromatic rings. The molecule has 0 radical (unpaired) electrons. The molecule has 0 unspecified atom stereocenters. The maximum Gasteiger partial charge on any atom is 0.306 e. The van der Waals surface area contributed by atoms with Crippen LogP contribution in [-0.4, -0.2) is 37.2 Å². The molecule has 0 aliphatic carbocycles. The fourth-order valence-corrected chi connectivity index (χ4v) is 7.11. The van der Waals surface area contributed by atoms with Crippen molar-refractivity contribution in [3.8, 4) is 0 Å². The van der Waals surface area contributed by atoms with E-state index < -0.39 is 6.10 Å². The Morgan fingerprint density at radius 3 is 0.907 bits per heavy atom. The largest absolute Gasteiger partial charge is 0.462 e. The van der Waals surface area contributed by atoms with Gasteiger partial charge in [-0.15, -0.1) is 0 Å². The van der Waals surface area contributed by atoms with Crippen LogP contribution in [0.25, 0.3) is 0 Å². The van der Waals surface area contributed by atoms with Crippen molar-refractivity contribution in [2.75, 3.05) is 13.2 Å². The Morgan fingerprint density at radius 2 is 0.611 bits per heavy atom. The molecule has 6 heteroatoms. The van der Waals surface area contributed by atoms with Crippen LogP contribution in [0, 0.1) is 11.8 Å². The van der Waals surface area contributed by atoms with Crippen LogP contribution in [0.5, 0.6) is 0 Å². The third kappa shape index (κ3) is 41.6. The van der Waals surface area contributed by atoms with E-state index in [1.54, 1.807) is 0 Å². The first-order valence-corrected chi connectivity index (χ1v) is 23.7. The molecule has 0 aliphatic rings. The number of hydrogen-bond donors (Lipinski definition) is 0. The second-order valence-electron chi connectivity index (χ2n) is 17.3. The van der Waals surface area contributed by atoms with Gasteiger partial charge in [-0.05, 0) is 31.1 Å². The first-order valence-electron chi connectivity index (χ1n) is 23.7. The average Bonchev–Trinajstić information content (AvgIpc) is 3.14. The molecule has 0 aromatic heterocycles. The molecule has 6 nitrogen and oxygen atoms in total. The van der Waals surface area contributed by atoms with E-state index in [1.807, 2.05) is 0 Å². The monoisotopic (exact) mass is 765 g/mol. The van der Waals surface area contributed by atoms with Crippen molar-refractivity contribution >= 4 is 17.9 Å². The van der Waals surface area contributed by atoms with Gasteiger partial charge in [0.05, 0.1) is 0 Å². The first-order chi connectivity index (χ1) is 26.2. The lowest BCUT2D eigenvalue weighted by Crippen LogP contribution is -2.30. The maximum absolute atomic E-state index is 12.7. The van der Waals surface area contributed by atoms with Crippen molar-refractivity contribution in [2.24, 2.45) is 11.8 Å². The van der Waals surface area contributed by atoms with E-state index in [4.69, 9.17) is 14.2 Å². The standard InChI is InChI=1S/C48H92O6/c1-6-7-8-9-10-11-12-13-14-15-18-23-28-33-38-46(49)52-41-45(54-48(51)40-35-30-25-20-22-27-32-37-44(4)5)42-53-47(50)39-34-29-24-19-16-17-21-26-31-36-43(2)3/h43-45H,6-42H2,1-5H3/t45-/m1/s1. The number of esters is 3. The highest BCUT2D eigenvalue weighted by Gasteiger charge is 2.19. The summed E-state index contributed by atoms with van der Waals surface area (Å²) in [7, 11) is 0. The van der Waals surface area contributed by atoms with Crippen molar-refractivity contribution in [2.45, 2.75) is 265 Å². The van der Waals surface area contributed by atoms with Gasteiger partial charge in [0, 0.05) is 19.3 Å². The van der Waals surface area contributed by atoms with Crippen molar-refractivity contribution in [3.63, 3.8) is 0 Å². The Labute approximate surface area is 336 Å². The van der Waals surface area contributed by atoms with Gasteiger partial charge >= 0.3 is 17.9 Å². The molecule has 0 N–H and O–H groups in total. The third-order valence-corrected chi connectivity index (χ3v) is 10.7. The van der Waals surface area contributed by atoms with Gasteiger partial charge in [0.15, 0.2) is 6.10 Å². The Hall–Kier alpha value is -1.59. The fourth-order valence-electron chi connectivity index (χ4n) is 7.11. The van der Waals surface area contributed by atoms with E-state index in [-0.39, 0.29) is 31.1 Å². The predicted molar refractivity (Wildman–Crippen MR) is 229 cm³/mol. The molecule has 1 atom stereocenters. The van der Waals surface area contributed by atoms with Gasteiger partial charge in [0.1, 0.15) is 13.2 Å². The van der Waals surface area contributed by atoms with E-state index in [2.05, 4.69) is 34.6 Å². The van der Waals surface area contributed by atoms with Crippen LogP contribution in [0.3, 0.4) is 0 Å². The topological polar surface area (TPSA) is 78.9 Å². The molecule has 0 amide bonds. The van der Waals surface area contributed by atoms with Gasteiger partial charge in [-0.3, -0.25) is 14.4 Å². The highest BCUT2D eigenvalue weighted by atomic mass is 16.6. The van der Waals surface area contributed by atoms with Gasteiger partial charge < -0.3 is 14.2 Å². The van der Waals surface area contributed by atoms with Gasteiger partial charge in [-0.1, -0.05) is 221 Å². The van der Waals surface area contributed by atoms with Crippen molar-refractivity contribution in [3.05, 3.63) is 0 Å². The Morgan fingerprint density at radius 1 is 0.352 bits per heavy atom. The van der Waals surface area contributed by atoms with E-state index in [1.165, 1.54) is 148 Å². The van der Waals surface area contributed by atoms with Crippen molar-refractivity contribution in [1.82, 2.24) is 0 Å². The second-order valence-corrected chi connectivity index (χ2v) is 17.3. The van der Waals surface area contributed by atoms with Gasteiger partial charge in [0.2, 0.25) is 0 Å². The summed E-state index contributed by atoms with van der Waals surface area (Å²) >= 11 is 0. The number of unbranched alkanes of at least 4 members (excludes halogenated alkanes) is 27. The van der Waals surface area contributed by atoms with E-state index in [0.29, 0.717) is 19.3 Å². The molecule has 0 aromatic carbocycles. The van der Waals surface area contributed by atoms with Crippen molar-refractivity contribution < 1.29 is 28.6 Å². The number of ether oxygens (including phenoxy) is 3. The summed E-state index contributed by atoms with van der Waals surface area (Å²) in [4.78, 5) is 37.7. The first kappa shape index (κ1) is 52.4. The summed E-state index contributed by atoms with van der Waals surface area (Å²) in [5.41, 5.74) is 0. The molecular weight excluding hydrogens is 673 g/mol. The molecule has 0 saturated heterocycles. The molecule has 320 valence electrons. The minimum atomic E-state index is -0.761. The molecule has 0 fully saturated rings. The van der Waals surface area contributed by atoms with Crippen LogP contribution in [0.15, 0.2) is 0 Å². The molecular formula is C48H92O6. The molecule has 54 heavy (non-hydrogen) atoms. The molecule has 0 spiro atoms. The van der Waals surface area contributed by atoms with E-state index in [9.17, 15) is 14.4 Å². The highest BCUT2D eigenvalue weighted by Crippen LogP contribution is 2.17. The summed E-state index contributed by atoms with van der Waals surface area (Å²) < 4.78 is 16.7. The quantitative estimate of drug-likeness (QED) is 0.0350. The van der Waals surface area contributed by atoms with Crippen LogP contribution < -0.4 is 0 Å². The number of carbonyl (C=O) groups excluding carboxylic acids is 3. The molecule has 0 bridgehead atoms. The van der Waals surface area contributed by atoms with Gasteiger partial charge in [0.25, 0.3) is 0 Å². The number of hydrogen-bond acceptors (Lipinski definition) is 6. The number of carbonyl (C=O) groups is 3. The highest BCUT2D eigenvalue weighted by molar-refractivity contribution is 5.71. The number of rotatable bonds is 42. The van der Waals surface area contributed by atoms with Crippen molar-refractivity contribution in [1.29, 1.82) is 0 Å². The van der Waals surface area contributed by atoms with Gasteiger partial charge in [-0.2, -0.15) is 0 Å². The minimum absolute atomic E-state index is 0.0652. The Balaban J connectivity index is 4.31. The zero-order chi connectivity index (χ0) is 39.7. The summed E-state index contributed by atoms with van der Waals surface area (Å²) in [6.07, 6.45) is 39.5. The minimum Gasteiger partial charge on any atom is -0.462 e. The van der Waals surface area contributed by atoms with Crippen LogP contribution in [0.2, 0.25) is 0 Å².